The van der Waals surface area contributed by atoms with Crippen molar-refractivity contribution in [1.29, 1.82) is 5.26 Å². The maximum Gasteiger partial charge on any atom is 0.152 e. The molecule has 0 aromatic heterocycles. The number of hydrogen-bond acceptors (Lipinski definition) is 2. The van der Waals surface area contributed by atoms with E-state index >= 15 is 0 Å². The number of nitriles is 1. The molecular weight excluding hydrogens is 114 g/mol. The molecule has 0 aliphatic carbocycles. The molecule has 0 aliphatic rings. The van der Waals surface area contributed by atoms with Gasteiger partial charge in [0.1, 0.15) is 12.3 Å². The Hall–Kier alpha value is -0.680. The van der Waals surface area contributed by atoms with Crippen molar-refractivity contribution in [3.63, 3.8) is 0 Å². The molecule has 0 aromatic carbocycles. The third kappa shape index (κ3) is 3.14. The lowest BCUT2D eigenvalue weighted by Gasteiger charge is -1.81. The molecule has 0 saturated carbocycles. The van der Waals surface area contributed by atoms with Crippen LogP contribution in [0.15, 0.2) is 11.3 Å². The molecule has 0 unspecified atom stereocenters. The summed E-state index contributed by atoms with van der Waals surface area (Å²) in [4.78, 5) is 0. The summed E-state index contributed by atoms with van der Waals surface area (Å²) in [6, 6.07) is 1.67. The van der Waals surface area contributed by atoms with Gasteiger partial charge in [-0.05, 0) is 0 Å². The van der Waals surface area contributed by atoms with Crippen LogP contribution in [0.3, 0.4) is 0 Å². The van der Waals surface area contributed by atoms with Gasteiger partial charge in [0.25, 0.3) is 0 Å². The minimum absolute atomic E-state index is 0.0579. The van der Waals surface area contributed by atoms with Crippen molar-refractivity contribution in [1.82, 2.24) is 0 Å². The van der Waals surface area contributed by atoms with E-state index in [1.807, 2.05) is 0 Å². The predicted octanol–water partition coefficient (Wildman–Crippen LogP) is 1.24. The molecule has 0 atom stereocenters. The van der Waals surface area contributed by atoms with Gasteiger partial charge in [0.15, 0.2) is 5.03 Å². The molecular formula is C4H4ClNO. The highest BCUT2D eigenvalue weighted by atomic mass is 35.5. The van der Waals surface area contributed by atoms with Gasteiger partial charge in [-0.25, -0.2) is 0 Å². The maximum absolute atomic E-state index is 7.94. The molecule has 0 radical (unpaired) electrons. The van der Waals surface area contributed by atoms with Crippen molar-refractivity contribution in [2.24, 2.45) is 0 Å². The number of rotatable bonds is 1. The molecule has 0 amide bonds. The van der Waals surface area contributed by atoms with E-state index in [-0.39, 0.29) is 5.03 Å². The van der Waals surface area contributed by atoms with E-state index in [4.69, 9.17) is 16.9 Å². The summed E-state index contributed by atoms with van der Waals surface area (Å²) in [5.41, 5.74) is 0. The highest BCUT2D eigenvalue weighted by Crippen LogP contribution is 1.95. The molecule has 0 rings (SSSR count). The molecule has 3 heteroatoms. The van der Waals surface area contributed by atoms with Gasteiger partial charge in [0, 0.05) is 0 Å². The van der Waals surface area contributed by atoms with E-state index in [0.29, 0.717) is 0 Å². The first-order valence-corrected chi connectivity index (χ1v) is 1.97. The standard InChI is InChI=1S/C4H4ClNO/c1-7-3-4(5)2-6/h3H,1H3. The lowest BCUT2D eigenvalue weighted by Crippen LogP contribution is -1.66. The van der Waals surface area contributed by atoms with Crippen LogP contribution in [-0.2, 0) is 4.74 Å². The first-order chi connectivity index (χ1) is 3.31. The van der Waals surface area contributed by atoms with Gasteiger partial charge in [-0.1, -0.05) is 11.6 Å². The third-order valence-electron chi connectivity index (χ3n) is 0.328. The largest absolute Gasteiger partial charge is 0.502 e. The van der Waals surface area contributed by atoms with E-state index < -0.39 is 0 Å². The third-order valence-corrected chi connectivity index (χ3v) is 0.502. The quantitative estimate of drug-likeness (QED) is 0.382. The van der Waals surface area contributed by atoms with Gasteiger partial charge in [-0.3, -0.25) is 0 Å². The fourth-order valence-corrected chi connectivity index (χ4v) is 0.219. The Labute approximate surface area is 47.0 Å². The normalized spacial score (nSPS) is 10.1. The summed E-state index contributed by atoms with van der Waals surface area (Å²) in [5, 5.41) is 7.99. The van der Waals surface area contributed by atoms with E-state index in [1.54, 1.807) is 6.07 Å². The second-order valence-electron chi connectivity index (χ2n) is 0.813. The zero-order valence-electron chi connectivity index (χ0n) is 3.81. The van der Waals surface area contributed by atoms with Gasteiger partial charge in [-0.15, -0.1) is 0 Å². The Bertz CT molecular complexity index is 113. The maximum atomic E-state index is 7.94. The fraction of sp³-hybridized carbons (Fsp3) is 0.250. The molecule has 0 bridgehead atoms. The molecule has 38 valence electrons. The Morgan fingerprint density at radius 3 is 2.71 bits per heavy atom. The number of methoxy groups -OCH3 is 1. The molecule has 0 spiro atoms. The molecule has 0 aliphatic heterocycles. The van der Waals surface area contributed by atoms with Crippen LogP contribution in [0.2, 0.25) is 0 Å². The van der Waals surface area contributed by atoms with Crippen LogP contribution in [0, 0.1) is 11.3 Å². The van der Waals surface area contributed by atoms with Crippen molar-refractivity contribution >= 4 is 11.6 Å². The van der Waals surface area contributed by atoms with Crippen molar-refractivity contribution < 1.29 is 4.74 Å². The SMILES string of the molecule is COC=C(Cl)C#N. The molecule has 0 N–H and O–H groups in total. The lowest BCUT2D eigenvalue weighted by molar-refractivity contribution is 0.337. The first kappa shape index (κ1) is 6.32. The van der Waals surface area contributed by atoms with Crippen molar-refractivity contribution in [2.45, 2.75) is 0 Å². The summed E-state index contributed by atoms with van der Waals surface area (Å²) >= 11 is 5.14. The Kier molecular flexibility index (Phi) is 3.17. The smallest absolute Gasteiger partial charge is 0.152 e. The Balaban J connectivity index is 3.57. The minimum Gasteiger partial charge on any atom is -0.502 e. The van der Waals surface area contributed by atoms with E-state index in [0.717, 1.165) is 0 Å². The van der Waals surface area contributed by atoms with Crippen LogP contribution in [-0.4, -0.2) is 7.11 Å². The molecule has 0 aromatic rings. The minimum atomic E-state index is 0.0579. The first-order valence-electron chi connectivity index (χ1n) is 1.60. The summed E-state index contributed by atoms with van der Waals surface area (Å²) < 4.78 is 4.38. The van der Waals surface area contributed by atoms with Crippen LogP contribution in [0.1, 0.15) is 0 Å². The molecule has 0 heterocycles. The number of ether oxygens (including phenoxy) is 1. The van der Waals surface area contributed by atoms with E-state index in [1.165, 1.54) is 13.4 Å². The summed E-state index contributed by atoms with van der Waals surface area (Å²) in [6.45, 7) is 0. The zero-order chi connectivity index (χ0) is 5.70. The second kappa shape index (κ2) is 3.51. The van der Waals surface area contributed by atoms with E-state index in [9.17, 15) is 0 Å². The summed E-state index contributed by atoms with van der Waals surface area (Å²) in [5.74, 6) is 0. The average Bonchev–Trinajstić information content (AvgIpc) is 1.68. The van der Waals surface area contributed by atoms with Crippen LogP contribution in [0.5, 0.6) is 0 Å². The lowest BCUT2D eigenvalue weighted by atomic mass is 10.7. The van der Waals surface area contributed by atoms with Gasteiger partial charge in [-0.2, -0.15) is 5.26 Å². The number of halogens is 1. The highest BCUT2D eigenvalue weighted by molar-refractivity contribution is 6.31. The van der Waals surface area contributed by atoms with Gasteiger partial charge in [0.05, 0.1) is 7.11 Å². The average molecular weight is 118 g/mol. The van der Waals surface area contributed by atoms with Gasteiger partial charge < -0.3 is 4.74 Å². The van der Waals surface area contributed by atoms with Crippen molar-refractivity contribution in [3.8, 4) is 6.07 Å². The summed E-state index contributed by atoms with van der Waals surface area (Å²) in [6.07, 6.45) is 1.17. The van der Waals surface area contributed by atoms with E-state index in [2.05, 4.69) is 4.74 Å². The number of allylic oxidation sites excluding steroid dienone is 1. The van der Waals surface area contributed by atoms with Crippen LogP contribution < -0.4 is 0 Å². The molecule has 0 saturated heterocycles. The Morgan fingerprint density at radius 2 is 2.57 bits per heavy atom. The van der Waals surface area contributed by atoms with Gasteiger partial charge in [0.2, 0.25) is 0 Å². The second-order valence-corrected chi connectivity index (χ2v) is 1.22. The van der Waals surface area contributed by atoms with Crippen LogP contribution >= 0.6 is 11.6 Å². The number of nitrogens with zero attached hydrogens (tertiary/aromatic N) is 1. The Morgan fingerprint density at radius 1 is 2.00 bits per heavy atom. The summed E-state index contributed by atoms with van der Waals surface area (Å²) in [7, 11) is 1.43. The topological polar surface area (TPSA) is 33.0 Å². The van der Waals surface area contributed by atoms with Crippen LogP contribution in [0.4, 0.5) is 0 Å². The fourth-order valence-electron chi connectivity index (χ4n) is 0.130. The van der Waals surface area contributed by atoms with Gasteiger partial charge >= 0.3 is 0 Å². The molecule has 7 heavy (non-hydrogen) atoms. The predicted molar refractivity (Wildman–Crippen MR) is 26.6 cm³/mol. The number of hydrogen-bond donors (Lipinski definition) is 0. The van der Waals surface area contributed by atoms with Crippen molar-refractivity contribution in [3.05, 3.63) is 11.3 Å². The van der Waals surface area contributed by atoms with Crippen molar-refractivity contribution in [2.75, 3.05) is 7.11 Å². The zero-order valence-corrected chi connectivity index (χ0v) is 4.57. The molecule has 0 fully saturated rings. The molecule has 2 nitrogen and oxygen atoms in total. The monoisotopic (exact) mass is 117 g/mol. The highest BCUT2D eigenvalue weighted by Gasteiger charge is 1.80. The van der Waals surface area contributed by atoms with Crippen LogP contribution in [0.25, 0.3) is 0 Å².